The molecular weight excluding hydrogens is 258 g/mol. The first kappa shape index (κ1) is 12.2. The molecule has 4 rings (SSSR count). The fourth-order valence-electron chi connectivity index (χ4n) is 2.99. The van der Waals surface area contributed by atoms with Crippen LogP contribution >= 0.6 is 0 Å². The van der Waals surface area contributed by atoms with Gasteiger partial charge in [0, 0.05) is 23.6 Å². The van der Waals surface area contributed by atoms with E-state index in [0.29, 0.717) is 0 Å². The highest BCUT2D eigenvalue weighted by Crippen LogP contribution is 2.22. The molecule has 104 valence electrons. The number of para-hydroxylation sites is 2. The number of nitrogens with zero attached hydrogens (tertiary/aromatic N) is 3. The number of hydrogen-bond donors (Lipinski definition) is 0. The molecule has 0 aliphatic heterocycles. The Morgan fingerprint density at radius 2 is 1.67 bits per heavy atom. The summed E-state index contributed by atoms with van der Waals surface area (Å²) in [5, 5.41) is 7.31. The molecule has 0 saturated heterocycles. The van der Waals surface area contributed by atoms with Gasteiger partial charge in [0.25, 0.3) is 0 Å². The molecule has 0 saturated carbocycles. The fourth-order valence-corrected chi connectivity index (χ4v) is 2.99. The monoisotopic (exact) mass is 275 g/mol. The lowest BCUT2D eigenvalue weighted by Crippen LogP contribution is -2.01. The third-order valence-electron chi connectivity index (χ3n) is 4.03. The fraction of sp³-hybridized carbons (Fsp3) is 0.167. The van der Waals surface area contributed by atoms with Gasteiger partial charge in [-0.1, -0.05) is 36.4 Å². The molecule has 0 unspecified atom stereocenters. The van der Waals surface area contributed by atoms with Crippen molar-refractivity contribution in [2.45, 2.75) is 20.0 Å². The summed E-state index contributed by atoms with van der Waals surface area (Å²) in [6.45, 7) is 3.84. The Labute approximate surface area is 123 Å². The Balaban J connectivity index is 1.84. The highest BCUT2D eigenvalue weighted by molar-refractivity contribution is 5.83. The number of fused-ring (bicyclic) bond motifs is 2. The van der Waals surface area contributed by atoms with E-state index in [0.717, 1.165) is 18.8 Å². The first-order valence-electron chi connectivity index (χ1n) is 7.35. The van der Waals surface area contributed by atoms with E-state index in [1.165, 1.54) is 21.8 Å². The first-order valence-corrected chi connectivity index (χ1v) is 7.35. The van der Waals surface area contributed by atoms with Crippen LogP contribution in [0.25, 0.3) is 21.8 Å². The van der Waals surface area contributed by atoms with Crippen molar-refractivity contribution >= 4 is 21.8 Å². The van der Waals surface area contributed by atoms with Crippen molar-refractivity contribution in [1.82, 2.24) is 14.3 Å². The Hall–Kier alpha value is -2.55. The Morgan fingerprint density at radius 1 is 0.905 bits per heavy atom. The van der Waals surface area contributed by atoms with E-state index in [-0.39, 0.29) is 0 Å². The largest absolute Gasteiger partial charge is 0.341 e. The molecule has 0 aliphatic rings. The average molecular weight is 275 g/mol. The third kappa shape index (κ3) is 1.93. The number of rotatable bonds is 3. The molecule has 2 heterocycles. The number of aryl methyl sites for hydroxylation is 1. The Kier molecular flexibility index (Phi) is 2.78. The first-order chi connectivity index (χ1) is 10.4. The molecule has 0 amide bonds. The van der Waals surface area contributed by atoms with Crippen molar-refractivity contribution in [2.75, 3.05) is 0 Å². The zero-order valence-corrected chi connectivity index (χ0v) is 12.0. The van der Waals surface area contributed by atoms with Crippen LogP contribution in [0.5, 0.6) is 0 Å². The summed E-state index contributed by atoms with van der Waals surface area (Å²) in [4.78, 5) is 0. The van der Waals surface area contributed by atoms with Gasteiger partial charge in [-0.2, -0.15) is 5.10 Å². The molecule has 3 heteroatoms. The molecule has 21 heavy (non-hydrogen) atoms. The smallest absolute Gasteiger partial charge is 0.0900 e. The van der Waals surface area contributed by atoms with E-state index >= 15 is 0 Å². The number of hydrogen-bond acceptors (Lipinski definition) is 1. The van der Waals surface area contributed by atoms with E-state index in [2.05, 4.69) is 77.0 Å². The molecule has 0 radical (unpaired) electrons. The standard InChI is InChI=1S/C18H17N3/c1-2-21-18-10-6-4-8-15(18)16(19-21)13-20-12-11-14-7-3-5-9-17(14)20/h3-12H,2,13H2,1H3. The van der Waals surface area contributed by atoms with Crippen LogP contribution in [0.2, 0.25) is 0 Å². The summed E-state index contributed by atoms with van der Waals surface area (Å²) in [5.41, 5.74) is 3.60. The van der Waals surface area contributed by atoms with E-state index in [1.807, 2.05) is 0 Å². The van der Waals surface area contributed by atoms with Gasteiger partial charge in [0.05, 0.1) is 17.8 Å². The molecule has 3 nitrogen and oxygen atoms in total. The summed E-state index contributed by atoms with van der Waals surface area (Å²) in [6.07, 6.45) is 2.14. The average Bonchev–Trinajstić information content (AvgIpc) is 3.10. The van der Waals surface area contributed by atoms with Crippen molar-refractivity contribution in [1.29, 1.82) is 0 Å². The minimum atomic E-state index is 0.807. The van der Waals surface area contributed by atoms with Gasteiger partial charge in [-0.05, 0) is 30.5 Å². The quantitative estimate of drug-likeness (QED) is 0.553. The predicted molar refractivity (Wildman–Crippen MR) is 86.4 cm³/mol. The predicted octanol–water partition coefficient (Wildman–Crippen LogP) is 4.06. The van der Waals surface area contributed by atoms with Gasteiger partial charge >= 0.3 is 0 Å². The van der Waals surface area contributed by atoms with Crippen LogP contribution in [0, 0.1) is 0 Å². The van der Waals surface area contributed by atoms with Gasteiger partial charge in [0.15, 0.2) is 0 Å². The van der Waals surface area contributed by atoms with Crippen LogP contribution in [0.15, 0.2) is 60.8 Å². The second-order valence-corrected chi connectivity index (χ2v) is 5.28. The molecule has 2 aromatic carbocycles. The van der Waals surface area contributed by atoms with E-state index in [4.69, 9.17) is 5.10 Å². The molecule has 0 atom stereocenters. The van der Waals surface area contributed by atoms with Gasteiger partial charge < -0.3 is 4.57 Å². The van der Waals surface area contributed by atoms with E-state index in [9.17, 15) is 0 Å². The molecule has 0 spiro atoms. The summed E-state index contributed by atoms with van der Waals surface area (Å²) in [5.74, 6) is 0. The molecule has 0 fully saturated rings. The summed E-state index contributed by atoms with van der Waals surface area (Å²) in [7, 11) is 0. The van der Waals surface area contributed by atoms with Crippen molar-refractivity contribution in [3.8, 4) is 0 Å². The lowest BCUT2D eigenvalue weighted by atomic mass is 10.2. The second-order valence-electron chi connectivity index (χ2n) is 5.28. The van der Waals surface area contributed by atoms with Crippen LogP contribution in [-0.2, 0) is 13.1 Å². The summed E-state index contributed by atoms with van der Waals surface area (Å²) in [6, 6.07) is 19.1. The summed E-state index contributed by atoms with van der Waals surface area (Å²) >= 11 is 0. The lowest BCUT2D eigenvalue weighted by molar-refractivity contribution is 0.657. The lowest BCUT2D eigenvalue weighted by Gasteiger charge is -2.03. The molecule has 0 N–H and O–H groups in total. The van der Waals surface area contributed by atoms with Gasteiger partial charge in [0.2, 0.25) is 0 Å². The van der Waals surface area contributed by atoms with Gasteiger partial charge in [-0.25, -0.2) is 0 Å². The Morgan fingerprint density at radius 3 is 2.52 bits per heavy atom. The molecule has 0 aliphatic carbocycles. The van der Waals surface area contributed by atoms with Crippen molar-refractivity contribution in [3.05, 3.63) is 66.5 Å². The highest BCUT2D eigenvalue weighted by atomic mass is 15.3. The highest BCUT2D eigenvalue weighted by Gasteiger charge is 2.10. The van der Waals surface area contributed by atoms with Crippen LogP contribution in [0.1, 0.15) is 12.6 Å². The summed E-state index contributed by atoms with van der Waals surface area (Å²) < 4.78 is 4.35. The van der Waals surface area contributed by atoms with Gasteiger partial charge in [-0.3, -0.25) is 4.68 Å². The molecule has 4 aromatic rings. The topological polar surface area (TPSA) is 22.8 Å². The van der Waals surface area contributed by atoms with E-state index < -0.39 is 0 Å². The SMILES string of the molecule is CCn1nc(Cn2ccc3ccccc32)c2ccccc21. The minimum absolute atomic E-state index is 0.807. The maximum Gasteiger partial charge on any atom is 0.0900 e. The maximum absolute atomic E-state index is 4.79. The van der Waals surface area contributed by atoms with Crippen LogP contribution in [-0.4, -0.2) is 14.3 Å². The third-order valence-corrected chi connectivity index (χ3v) is 4.03. The van der Waals surface area contributed by atoms with Crippen molar-refractivity contribution in [2.24, 2.45) is 0 Å². The maximum atomic E-state index is 4.79. The van der Waals surface area contributed by atoms with Crippen molar-refractivity contribution in [3.63, 3.8) is 0 Å². The normalized spacial score (nSPS) is 11.5. The second kappa shape index (κ2) is 4.77. The molecule has 0 bridgehead atoms. The van der Waals surface area contributed by atoms with Gasteiger partial charge in [0.1, 0.15) is 0 Å². The van der Waals surface area contributed by atoms with Gasteiger partial charge in [-0.15, -0.1) is 0 Å². The number of benzene rings is 2. The zero-order valence-electron chi connectivity index (χ0n) is 12.0. The van der Waals surface area contributed by atoms with Crippen LogP contribution in [0.3, 0.4) is 0 Å². The number of aromatic nitrogens is 3. The van der Waals surface area contributed by atoms with E-state index in [1.54, 1.807) is 0 Å². The van der Waals surface area contributed by atoms with Crippen molar-refractivity contribution < 1.29 is 0 Å². The Bertz CT molecular complexity index is 914. The molecular formula is C18H17N3. The molecule has 2 aromatic heterocycles. The van der Waals surface area contributed by atoms with Crippen LogP contribution < -0.4 is 0 Å². The zero-order chi connectivity index (χ0) is 14.2. The van der Waals surface area contributed by atoms with Crippen LogP contribution in [0.4, 0.5) is 0 Å². The minimum Gasteiger partial charge on any atom is -0.341 e.